The summed E-state index contributed by atoms with van der Waals surface area (Å²) in [5.41, 5.74) is 1.32. The molecular weight excluding hydrogens is 300 g/mol. The van der Waals surface area contributed by atoms with Crippen molar-refractivity contribution in [2.45, 2.75) is 45.7 Å². The molecule has 1 aromatic carbocycles. The van der Waals surface area contributed by atoms with Crippen LogP contribution < -0.4 is 4.90 Å². The maximum atomic E-state index is 4.36. The topological polar surface area (TPSA) is 50.1 Å². The number of nitrogens with zero attached hydrogens (tertiary/aromatic N) is 6. The molecule has 0 radical (unpaired) electrons. The van der Waals surface area contributed by atoms with E-state index in [-0.39, 0.29) is 0 Å². The molecule has 1 aliphatic rings. The van der Waals surface area contributed by atoms with Crippen LogP contribution in [0.25, 0.3) is 0 Å². The lowest BCUT2D eigenvalue weighted by molar-refractivity contribution is 0.162. The molecule has 130 valence electrons. The van der Waals surface area contributed by atoms with Crippen LogP contribution in [0.4, 0.5) is 5.69 Å². The van der Waals surface area contributed by atoms with E-state index in [2.05, 4.69) is 76.4 Å². The van der Waals surface area contributed by atoms with E-state index < -0.39 is 0 Å². The van der Waals surface area contributed by atoms with Crippen LogP contribution in [0.5, 0.6) is 0 Å². The molecule has 0 aliphatic carbocycles. The van der Waals surface area contributed by atoms with Gasteiger partial charge in [0.25, 0.3) is 0 Å². The molecule has 1 aromatic heterocycles. The Morgan fingerprint density at radius 2 is 1.75 bits per heavy atom. The molecule has 0 N–H and O–H groups in total. The Bertz CT molecular complexity index is 615. The fraction of sp³-hybridized carbons (Fsp3) is 0.611. The van der Waals surface area contributed by atoms with Crippen LogP contribution in [0.15, 0.2) is 30.3 Å². The third-order valence-corrected chi connectivity index (χ3v) is 4.74. The average Bonchev–Trinajstić information content (AvgIpc) is 3.10. The van der Waals surface area contributed by atoms with Crippen molar-refractivity contribution < 1.29 is 0 Å². The summed E-state index contributed by atoms with van der Waals surface area (Å²) in [7, 11) is 0. The molecule has 6 heteroatoms. The van der Waals surface area contributed by atoms with Gasteiger partial charge in [0.1, 0.15) is 0 Å². The lowest BCUT2D eigenvalue weighted by Crippen LogP contribution is -2.48. The number of piperazine rings is 1. The van der Waals surface area contributed by atoms with Gasteiger partial charge in [-0.25, -0.2) is 4.68 Å². The van der Waals surface area contributed by atoms with Crippen molar-refractivity contribution in [3.8, 4) is 0 Å². The third kappa shape index (κ3) is 3.59. The molecule has 0 spiro atoms. The molecule has 1 aliphatic heterocycles. The Kier molecular flexibility index (Phi) is 5.45. The minimum Gasteiger partial charge on any atom is -0.369 e. The van der Waals surface area contributed by atoms with E-state index in [1.807, 2.05) is 4.68 Å². The lowest BCUT2D eigenvalue weighted by atomic mass is 10.1. The number of hydrogen-bond donors (Lipinski definition) is 0. The van der Waals surface area contributed by atoms with Gasteiger partial charge in [-0.3, -0.25) is 4.90 Å². The first kappa shape index (κ1) is 16.9. The largest absolute Gasteiger partial charge is 0.369 e. The van der Waals surface area contributed by atoms with E-state index in [9.17, 15) is 0 Å². The van der Waals surface area contributed by atoms with Crippen LogP contribution in [-0.4, -0.2) is 51.3 Å². The Balaban J connectivity index is 1.71. The number of tetrazole rings is 1. The number of anilines is 1. The number of aromatic nitrogens is 4. The standard InChI is InChI=1S/C18H28N6/c1-4-8-17(18-19-20-21-24(18)15(2)3)23-13-11-22(12-14-23)16-9-6-5-7-10-16/h5-7,9-10,15,17H,4,8,11-14H2,1-3H3. The molecule has 1 atom stereocenters. The maximum absolute atomic E-state index is 4.36. The molecule has 1 unspecified atom stereocenters. The smallest absolute Gasteiger partial charge is 0.168 e. The van der Waals surface area contributed by atoms with Crippen molar-refractivity contribution in [3.05, 3.63) is 36.2 Å². The molecule has 0 bridgehead atoms. The van der Waals surface area contributed by atoms with Crippen LogP contribution in [0.1, 0.15) is 51.5 Å². The molecule has 24 heavy (non-hydrogen) atoms. The Labute approximate surface area is 144 Å². The van der Waals surface area contributed by atoms with Gasteiger partial charge in [0.15, 0.2) is 5.82 Å². The van der Waals surface area contributed by atoms with Gasteiger partial charge in [0.05, 0.1) is 12.1 Å². The SMILES string of the molecule is CCCC(c1nnnn1C(C)C)N1CCN(c2ccccc2)CC1. The zero-order valence-electron chi connectivity index (χ0n) is 15.0. The van der Waals surface area contributed by atoms with E-state index in [1.54, 1.807) is 0 Å². The van der Waals surface area contributed by atoms with Gasteiger partial charge < -0.3 is 4.90 Å². The summed E-state index contributed by atoms with van der Waals surface area (Å²) in [5.74, 6) is 1.01. The van der Waals surface area contributed by atoms with Gasteiger partial charge in [-0.05, 0) is 42.8 Å². The van der Waals surface area contributed by atoms with Crippen molar-refractivity contribution in [2.75, 3.05) is 31.1 Å². The summed E-state index contributed by atoms with van der Waals surface area (Å²) in [4.78, 5) is 5.01. The summed E-state index contributed by atoms with van der Waals surface area (Å²) in [6.07, 6.45) is 2.23. The van der Waals surface area contributed by atoms with Crippen LogP contribution in [0.3, 0.4) is 0 Å². The summed E-state index contributed by atoms with van der Waals surface area (Å²) in [6, 6.07) is 11.3. The fourth-order valence-electron chi connectivity index (χ4n) is 3.47. The number of hydrogen-bond acceptors (Lipinski definition) is 5. The van der Waals surface area contributed by atoms with Gasteiger partial charge >= 0.3 is 0 Å². The zero-order chi connectivity index (χ0) is 16.9. The minimum atomic E-state index is 0.292. The first-order valence-corrected chi connectivity index (χ1v) is 9.02. The Morgan fingerprint density at radius 3 is 2.38 bits per heavy atom. The number of para-hydroxylation sites is 1. The summed E-state index contributed by atoms with van der Waals surface area (Å²) in [5, 5.41) is 12.5. The lowest BCUT2D eigenvalue weighted by Gasteiger charge is -2.39. The molecule has 6 nitrogen and oxygen atoms in total. The van der Waals surface area contributed by atoms with Crippen LogP contribution in [-0.2, 0) is 0 Å². The minimum absolute atomic E-state index is 0.292. The van der Waals surface area contributed by atoms with Crippen LogP contribution in [0, 0.1) is 0 Å². The highest BCUT2D eigenvalue weighted by molar-refractivity contribution is 5.46. The molecule has 2 aromatic rings. The van der Waals surface area contributed by atoms with Gasteiger partial charge in [0.2, 0.25) is 0 Å². The monoisotopic (exact) mass is 328 g/mol. The highest BCUT2D eigenvalue weighted by Crippen LogP contribution is 2.27. The average molecular weight is 328 g/mol. The fourth-order valence-corrected chi connectivity index (χ4v) is 3.47. The molecular formula is C18H28N6. The zero-order valence-corrected chi connectivity index (χ0v) is 15.0. The summed E-state index contributed by atoms with van der Waals surface area (Å²) in [6.45, 7) is 10.7. The number of rotatable bonds is 6. The highest BCUT2D eigenvalue weighted by Gasteiger charge is 2.29. The Morgan fingerprint density at radius 1 is 1.04 bits per heavy atom. The quantitative estimate of drug-likeness (QED) is 0.816. The van der Waals surface area contributed by atoms with Gasteiger partial charge in [-0.15, -0.1) is 5.10 Å². The second-order valence-electron chi connectivity index (χ2n) is 6.74. The highest BCUT2D eigenvalue weighted by atomic mass is 15.6. The van der Waals surface area contributed by atoms with E-state index in [4.69, 9.17) is 0 Å². The van der Waals surface area contributed by atoms with E-state index in [1.165, 1.54) is 5.69 Å². The second-order valence-corrected chi connectivity index (χ2v) is 6.74. The second kappa shape index (κ2) is 7.75. The maximum Gasteiger partial charge on any atom is 0.168 e. The van der Waals surface area contributed by atoms with Gasteiger partial charge in [-0.1, -0.05) is 31.5 Å². The first-order chi connectivity index (χ1) is 11.7. The van der Waals surface area contributed by atoms with E-state index >= 15 is 0 Å². The van der Waals surface area contributed by atoms with Crippen molar-refractivity contribution >= 4 is 5.69 Å². The molecule has 0 amide bonds. The van der Waals surface area contributed by atoms with E-state index in [0.717, 1.165) is 44.8 Å². The van der Waals surface area contributed by atoms with Gasteiger partial charge in [0, 0.05) is 31.9 Å². The predicted molar refractivity (Wildman–Crippen MR) is 96.1 cm³/mol. The van der Waals surface area contributed by atoms with Crippen LogP contribution in [0.2, 0.25) is 0 Å². The summed E-state index contributed by atoms with van der Waals surface area (Å²) < 4.78 is 1.98. The molecule has 1 saturated heterocycles. The Hall–Kier alpha value is -1.95. The van der Waals surface area contributed by atoms with Crippen molar-refractivity contribution in [1.29, 1.82) is 0 Å². The number of benzene rings is 1. The molecule has 0 saturated carbocycles. The van der Waals surface area contributed by atoms with Crippen molar-refractivity contribution in [3.63, 3.8) is 0 Å². The molecule has 1 fully saturated rings. The third-order valence-electron chi connectivity index (χ3n) is 4.74. The molecule has 3 rings (SSSR count). The van der Waals surface area contributed by atoms with Gasteiger partial charge in [-0.2, -0.15) is 0 Å². The van der Waals surface area contributed by atoms with Crippen molar-refractivity contribution in [2.24, 2.45) is 0 Å². The van der Waals surface area contributed by atoms with Crippen LogP contribution >= 0.6 is 0 Å². The first-order valence-electron chi connectivity index (χ1n) is 9.02. The normalized spacial score (nSPS) is 17.4. The predicted octanol–water partition coefficient (Wildman–Crippen LogP) is 2.92. The van der Waals surface area contributed by atoms with E-state index in [0.29, 0.717) is 12.1 Å². The molecule has 2 heterocycles. The summed E-state index contributed by atoms with van der Waals surface area (Å²) >= 11 is 0. The van der Waals surface area contributed by atoms with Crippen molar-refractivity contribution in [1.82, 2.24) is 25.1 Å².